The predicted octanol–water partition coefficient (Wildman–Crippen LogP) is 3.88. The van der Waals surface area contributed by atoms with Gasteiger partial charge in [0.15, 0.2) is 0 Å². The third-order valence-corrected chi connectivity index (χ3v) is 4.91. The number of carbonyl (C=O) groups is 2. The molecule has 0 spiro atoms. The lowest BCUT2D eigenvalue weighted by molar-refractivity contribution is -0.135. The van der Waals surface area contributed by atoms with Gasteiger partial charge < -0.3 is 15.0 Å². The summed E-state index contributed by atoms with van der Waals surface area (Å²) in [5, 5.41) is 7.35. The minimum absolute atomic E-state index is 0.00748. The molecule has 0 atom stereocenters. The van der Waals surface area contributed by atoms with Crippen molar-refractivity contribution in [2.75, 3.05) is 32.1 Å². The van der Waals surface area contributed by atoms with Gasteiger partial charge in [0.05, 0.1) is 18.8 Å². The van der Waals surface area contributed by atoms with E-state index < -0.39 is 0 Å². The molecule has 0 bridgehead atoms. The van der Waals surface area contributed by atoms with Crippen molar-refractivity contribution in [2.24, 2.45) is 7.05 Å². The third kappa shape index (κ3) is 9.43. The van der Waals surface area contributed by atoms with Crippen molar-refractivity contribution in [3.63, 3.8) is 0 Å². The van der Waals surface area contributed by atoms with E-state index in [2.05, 4.69) is 38.1 Å². The molecule has 2 amide bonds. The number of methoxy groups -OCH3 is 1. The molecule has 0 fully saturated rings. The van der Waals surface area contributed by atoms with Crippen molar-refractivity contribution in [2.45, 2.75) is 78.1 Å². The van der Waals surface area contributed by atoms with Gasteiger partial charge >= 0.3 is 0 Å². The largest absolute Gasteiger partial charge is 0.383 e. The SMILES string of the molecule is CCCCCCCCC(=O)N(CCOC)CC(=O)Nc1cc(C(C)(C)C)nn1C. The lowest BCUT2D eigenvalue weighted by Crippen LogP contribution is -2.40. The average Bonchev–Trinajstić information content (AvgIpc) is 3.02. The highest BCUT2D eigenvalue weighted by atomic mass is 16.5. The number of hydrogen-bond acceptors (Lipinski definition) is 4. The fourth-order valence-corrected chi connectivity index (χ4v) is 3.01. The van der Waals surface area contributed by atoms with Gasteiger partial charge in [0.2, 0.25) is 11.8 Å². The summed E-state index contributed by atoms with van der Waals surface area (Å²) in [6, 6.07) is 1.88. The Morgan fingerprint density at radius 3 is 2.41 bits per heavy atom. The molecule has 7 nitrogen and oxygen atoms in total. The number of aryl methyl sites for hydroxylation is 1. The van der Waals surface area contributed by atoms with Crippen molar-refractivity contribution in [3.05, 3.63) is 11.8 Å². The maximum absolute atomic E-state index is 12.6. The maximum Gasteiger partial charge on any atom is 0.245 e. The maximum atomic E-state index is 12.6. The molecule has 0 aromatic carbocycles. The first-order valence-electron chi connectivity index (χ1n) is 10.8. The molecular weight excluding hydrogens is 368 g/mol. The minimum Gasteiger partial charge on any atom is -0.383 e. The monoisotopic (exact) mass is 408 g/mol. The van der Waals surface area contributed by atoms with Crippen LogP contribution in [-0.2, 0) is 26.8 Å². The molecule has 0 saturated carbocycles. The van der Waals surface area contributed by atoms with E-state index in [1.165, 1.54) is 19.3 Å². The van der Waals surface area contributed by atoms with E-state index in [0.29, 0.717) is 25.4 Å². The zero-order valence-electron chi connectivity index (χ0n) is 19.2. The van der Waals surface area contributed by atoms with Crippen LogP contribution in [0.2, 0.25) is 0 Å². The van der Waals surface area contributed by atoms with Crippen LogP contribution in [0.1, 0.15) is 78.3 Å². The predicted molar refractivity (Wildman–Crippen MR) is 117 cm³/mol. The summed E-state index contributed by atoms with van der Waals surface area (Å²) in [6.45, 7) is 9.27. The molecule has 1 aromatic rings. The first-order chi connectivity index (χ1) is 13.7. The molecular formula is C22H40N4O3. The molecule has 1 heterocycles. The zero-order chi connectivity index (χ0) is 21.9. The summed E-state index contributed by atoms with van der Waals surface area (Å²) in [7, 11) is 3.40. The van der Waals surface area contributed by atoms with E-state index in [9.17, 15) is 9.59 Å². The Morgan fingerprint density at radius 2 is 1.83 bits per heavy atom. The van der Waals surface area contributed by atoms with Gasteiger partial charge in [-0.1, -0.05) is 59.8 Å². The van der Waals surface area contributed by atoms with Crippen molar-refractivity contribution >= 4 is 17.6 Å². The second-order valence-corrected chi connectivity index (χ2v) is 8.66. The highest BCUT2D eigenvalue weighted by molar-refractivity contribution is 5.94. The number of ether oxygens (including phenoxy) is 1. The Kier molecular flexibility index (Phi) is 10.9. The Balaban J connectivity index is 2.59. The standard InChI is InChI=1S/C22H40N4O3/c1-7-8-9-10-11-12-13-21(28)26(14-15-29-6)17-20(27)23-19-16-18(22(2,3)4)24-25(19)5/h16H,7-15,17H2,1-6H3,(H,23,27). The van der Waals surface area contributed by atoms with Crippen LogP contribution in [0, 0.1) is 0 Å². The Bertz CT molecular complexity index is 634. The van der Waals surface area contributed by atoms with Crippen LogP contribution in [0.3, 0.4) is 0 Å². The first kappa shape index (κ1) is 25.1. The summed E-state index contributed by atoms with van der Waals surface area (Å²) in [5.41, 5.74) is 0.809. The van der Waals surface area contributed by atoms with Gasteiger partial charge in [0.25, 0.3) is 0 Å². The van der Waals surface area contributed by atoms with Crippen molar-refractivity contribution in [1.82, 2.24) is 14.7 Å². The molecule has 0 radical (unpaired) electrons. The molecule has 1 rings (SSSR count). The normalized spacial score (nSPS) is 11.5. The van der Waals surface area contributed by atoms with Crippen LogP contribution in [-0.4, -0.2) is 53.3 Å². The lowest BCUT2D eigenvalue weighted by atomic mass is 9.92. The molecule has 0 aliphatic rings. The molecule has 1 N–H and O–H groups in total. The summed E-state index contributed by atoms with van der Waals surface area (Å²) in [5.74, 6) is 0.420. The number of anilines is 1. The Labute approximate surface area is 176 Å². The van der Waals surface area contributed by atoms with Gasteiger partial charge in [0, 0.05) is 38.6 Å². The lowest BCUT2D eigenvalue weighted by Gasteiger charge is -2.22. The van der Waals surface area contributed by atoms with E-state index >= 15 is 0 Å². The zero-order valence-corrected chi connectivity index (χ0v) is 19.2. The van der Waals surface area contributed by atoms with Crippen LogP contribution in [0.5, 0.6) is 0 Å². The molecule has 0 unspecified atom stereocenters. The van der Waals surface area contributed by atoms with E-state index in [-0.39, 0.29) is 23.8 Å². The topological polar surface area (TPSA) is 76.5 Å². The molecule has 1 aromatic heterocycles. The quantitative estimate of drug-likeness (QED) is 0.503. The van der Waals surface area contributed by atoms with Gasteiger partial charge in [-0.2, -0.15) is 5.10 Å². The second kappa shape index (κ2) is 12.6. The van der Waals surface area contributed by atoms with Gasteiger partial charge in [0.1, 0.15) is 5.82 Å². The molecule has 0 aliphatic carbocycles. The number of nitrogens with zero attached hydrogens (tertiary/aromatic N) is 3. The number of unbranched alkanes of at least 4 members (excludes halogenated alkanes) is 5. The average molecular weight is 409 g/mol. The van der Waals surface area contributed by atoms with Gasteiger partial charge in [-0.25, -0.2) is 0 Å². The number of aromatic nitrogens is 2. The number of hydrogen-bond donors (Lipinski definition) is 1. The van der Waals surface area contributed by atoms with Crippen molar-refractivity contribution < 1.29 is 14.3 Å². The van der Waals surface area contributed by atoms with Crippen LogP contribution < -0.4 is 5.32 Å². The highest BCUT2D eigenvalue weighted by Crippen LogP contribution is 2.23. The fraction of sp³-hybridized carbons (Fsp3) is 0.773. The van der Waals surface area contributed by atoms with Gasteiger partial charge in [-0.15, -0.1) is 0 Å². The third-order valence-electron chi connectivity index (χ3n) is 4.91. The second-order valence-electron chi connectivity index (χ2n) is 8.66. The van der Waals surface area contributed by atoms with Crippen LogP contribution in [0.4, 0.5) is 5.82 Å². The summed E-state index contributed by atoms with van der Waals surface area (Å²) < 4.78 is 6.78. The van der Waals surface area contributed by atoms with E-state index in [1.54, 1.807) is 23.7 Å². The Hall–Kier alpha value is -1.89. The number of amides is 2. The molecule has 29 heavy (non-hydrogen) atoms. The molecule has 0 aliphatic heterocycles. The minimum atomic E-state index is -0.221. The van der Waals surface area contributed by atoms with Crippen molar-refractivity contribution in [1.29, 1.82) is 0 Å². The molecule has 166 valence electrons. The van der Waals surface area contributed by atoms with Gasteiger partial charge in [-0.3, -0.25) is 14.3 Å². The Morgan fingerprint density at radius 1 is 1.17 bits per heavy atom. The first-order valence-corrected chi connectivity index (χ1v) is 10.8. The van der Waals surface area contributed by atoms with Gasteiger partial charge in [-0.05, 0) is 6.42 Å². The van der Waals surface area contributed by atoms with Crippen LogP contribution >= 0.6 is 0 Å². The van der Waals surface area contributed by atoms with Crippen LogP contribution in [0.25, 0.3) is 0 Å². The molecule has 7 heteroatoms. The van der Waals surface area contributed by atoms with E-state index in [4.69, 9.17) is 4.74 Å². The summed E-state index contributed by atoms with van der Waals surface area (Å²) in [6.07, 6.45) is 7.25. The highest BCUT2D eigenvalue weighted by Gasteiger charge is 2.21. The smallest absolute Gasteiger partial charge is 0.245 e. The molecule has 0 saturated heterocycles. The number of carbonyl (C=O) groups excluding carboxylic acids is 2. The van der Waals surface area contributed by atoms with Crippen LogP contribution in [0.15, 0.2) is 6.07 Å². The van der Waals surface area contributed by atoms with E-state index in [1.807, 2.05) is 6.07 Å². The van der Waals surface area contributed by atoms with E-state index in [0.717, 1.165) is 25.0 Å². The number of nitrogens with one attached hydrogen (secondary N) is 1. The van der Waals surface area contributed by atoms with Crippen molar-refractivity contribution in [3.8, 4) is 0 Å². The summed E-state index contributed by atoms with van der Waals surface area (Å²) in [4.78, 5) is 26.8. The summed E-state index contributed by atoms with van der Waals surface area (Å²) >= 11 is 0. The fourth-order valence-electron chi connectivity index (χ4n) is 3.01. The number of rotatable bonds is 13.